The van der Waals surface area contributed by atoms with Gasteiger partial charge in [0, 0.05) is 53.9 Å². The summed E-state index contributed by atoms with van der Waals surface area (Å²) in [5.74, 6) is 0.121. The Morgan fingerprint density at radius 2 is 1.93 bits per heavy atom. The third-order valence-electron chi connectivity index (χ3n) is 6.57. The maximum atomic E-state index is 12.9. The molecule has 2 N–H and O–H groups in total. The average molecular weight is 392 g/mol. The highest BCUT2D eigenvalue weighted by molar-refractivity contribution is 5.99. The number of carbonyl (C=O) groups excluding carboxylic acids is 1. The van der Waals surface area contributed by atoms with Crippen LogP contribution >= 0.6 is 0 Å². The van der Waals surface area contributed by atoms with Crippen molar-refractivity contribution < 1.29 is 4.79 Å². The first-order valence-corrected chi connectivity index (χ1v) is 10.6. The SMILES string of the molecule is CN1CCN(C(=O)c2ccc3cc(-c4n[nH]c5c4CCC(C)(C)C5)[nH]c3c2)CC1. The number of nitrogens with one attached hydrogen (secondary N) is 2. The van der Waals surface area contributed by atoms with Crippen LogP contribution in [0.3, 0.4) is 0 Å². The summed E-state index contributed by atoms with van der Waals surface area (Å²) in [6.07, 6.45) is 3.27. The number of rotatable bonds is 2. The van der Waals surface area contributed by atoms with Crippen molar-refractivity contribution in [1.29, 1.82) is 0 Å². The van der Waals surface area contributed by atoms with E-state index >= 15 is 0 Å². The van der Waals surface area contributed by atoms with Crippen LogP contribution in [0.15, 0.2) is 24.3 Å². The zero-order valence-corrected chi connectivity index (χ0v) is 17.5. The number of amides is 1. The van der Waals surface area contributed by atoms with Crippen molar-refractivity contribution in [2.24, 2.45) is 5.41 Å². The first-order chi connectivity index (χ1) is 13.9. The van der Waals surface area contributed by atoms with Crippen LogP contribution < -0.4 is 0 Å². The number of aromatic nitrogens is 3. The van der Waals surface area contributed by atoms with Gasteiger partial charge in [-0.2, -0.15) is 5.10 Å². The number of benzene rings is 1. The fourth-order valence-electron chi connectivity index (χ4n) is 4.65. The summed E-state index contributed by atoms with van der Waals surface area (Å²) in [4.78, 5) is 20.6. The number of nitrogens with zero attached hydrogens (tertiary/aromatic N) is 3. The summed E-state index contributed by atoms with van der Waals surface area (Å²) in [5, 5.41) is 9.01. The van der Waals surface area contributed by atoms with Crippen LogP contribution in [0.4, 0.5) is 0 Å². The van der Waals surface area contributed by atoms with Crippen LogP contribution in [0, 0.1) is 5.41 Å². The quantitative estimate of drug-likeness (QED) is 0.703. The molecule has 6 nitrogen and oxygen atoms in total. The zero-order valence-electron chi connectivity index (χ0n) is 17.5. The van der Waals surface area contributed by atoms with Crippen LogP contribution in [0.2, 0.25) is 0 Å². The van der Waals surface area contributed by atoms with Crippen molar-refractivity contribution in [3.63, 3.8) is 0 Å². The molecule has 5 rings (SSSR count). The summed E-state index contributed by atoms with van der Waals surface area (Å²) in [6.45, 7) is 8.08. The Labute approximate surface area is 171 Å². The first kappa shape index (κ1) is 18.4. The van der Waals surface area contributed by atoms with Gasteiger partial charge in [0.25, 0.3) is 5.91 Å². The number of H-pyrrole nitrogens is 2. The zero-order chi connectivity index (χ0) is 20.2. The molecule has 3 aromatic rings. The van der Waals surface area contributed by atoms with Crippen molar-refractivity contribution >= 4 is 16.8 Å². The number of hydrogen-bond acceptors (Lipinski definition) is 3. The molecule has 1 fully saturated rings. The molecular weight excluding hydrogens is 362 g/mol. The van der Waals surface area contributed by atoms with Gasteiger partial charge in [0.1, 0.15) is 5.69 Å². The lowest BCUT2D eigenvalue weighted by molar-refractivity contribution is 0.0664. The highest BCUT2D eigenvalue weighted by atomic mass is 16.2. The van der Waals surface area contributed by atoms with E-state index in [2.05, 4.69) is 47.0 Å². The number of aromatic amines is 2. The number of carbonyl (C=O) groups is 1. The first-order valence-electron chi connectivity index (χ1n) is 10.6. The Hall–Kier alpha value is -2.60. The minimum absolute atomic E-state index is 0.121. The Balaban J connectivity index is 1.43. The molecule has 2 aliphatic rings. The maximum Gasteiger partial charge on any atom is 0.254 e. The third kappa shape index (κ3) is 3.35. The van der Waals surface area contributed by atoms with E-state index < -0.39 is 0 Å². The number of fused-ring (bicyclic) bond motifs is 2. The van der Waals surface area contributed by atoms with E-state index in [1.807, 2.05) is 23.1 Å². The Kier molecular flexibility index (Phi) is 4.28. The highest BCUT2D eigenvalue weighted by Gasteiger charge is 2.29. The van der Waals surface area contributed by atoms with Gasteiger partial charge in [0.05, 0.1) is 5.69 Å². The van der Waals surface area contributed by atoms with E-state index in [1.165, 1.54) is 17.7 Å². The second-order valence-corrected chi connectivity index (χ2v) is 9.45. The minimum atomic E-state index is 0.121. The minimum Gasteiger partial charge on any atom is -0.353 e. The maximum absolute atomic E-state index is 12.9. The van der Waals surface area contributed by atoms with Gasteiger partial charge < -0.3 is 14.8 Å². The highest BCUT2D eigenvalue weighted by Crippen LogP contribution is 2.38. The van der Waals surface area contributed by atoms with Crippen LogP contribution in [-0.4, -0.2) is 64.1 Å². The lowest BCUT2D eigenvalue weighted by Crippen LogP contribution is -2.47. The van der Waals surface area contributed by atoms with E-state index in [-0.39, 0.29) is 5.91 Å². The summed E-state index contributed by atoms with van der Waals surface area (Å²) >= 11 is 0. The van der Waals surface area contributed by atoms with Crippen molar-refractivity contribution in [3.8, 4) is 11.4 Å². The van der Waals surface area contributed by atoms with Crippen molar-refractivity contribution in [3.05, 3.63) is 41.1 Å². The van der Waals surface area contributed by atoms with E-state index in [9.17, 15) is 4.79 Å². The van der Waals surface area contributed by atoms with Crippen LogP contribution in [0.5, 0.6) is 0 Å². The van der Waals surface area contributed by atoms with Gasteiger partial charge in [0.15, 0.2) is 0 Å². The predicted octanol–water partition coefficient (Wildman–Crippen LogP) is 3.46. The van der Waals surface area contributed by atoms with E-state index in [1.54, 1.807) is 0 Å². The molecule has 1 aromatic carbocycles. The van der Waals surface area contributed by atoms with E-state index in [0.717, 1.165) is 66.9 Å². The summed E-state index contributed by atoms with van der Waals surface area (Å²) in [7, 11) is 2.10. The van der Waals surface area contributed by atoms with Gasteiger partial charge in [-0.05, 0) is 49.9 Å². The fraction of sp³-hybridized carbons (Fsp3) is 0.478. The number of hydrogen-bond donors (Lipinski definition) is 2. The monoisotopic (exact) mass is 391 g/mol. The molecule has 1 saturated heterocycles. The molecule has 0 spiro atoms. The number of likely N-dealkylation sites (N-methyl/N-ethyl adjacent to an activating group) is 1. The van der Waals surface area contributed by atoms with Gasteiger partial charge in [0.2, 0.25) is 0 Å². The van der Waals surface area contributed by atoms with Crippen molar-refractivity contribution in [2.75, 3.05) is 33.2 Å². The molecular formula is C23H29N5O. The van der Waals surface area contributed by atoms with E-state index in [0.29, 0.717) is 5.41 Å². The molecule has 29 heavy (non-hydrogen) atoms. The smallest absolute Gasteiger partial charge is 0.254 e. The summed E-state index contributed by atoms with van der Waals surface area (Å²) in [6, 6.07) is 8.13. The number of piperazine rings is 1. The summed E-state index contributed by atoms with van der Waals surface area (Å²) < 4.78 is 0. The molecule has 1 amide bonds. The molecule has 0 saturated carbocycles. The molecule has 0 atom stereocenters. The Morgan fingerprint density at radius 3 is 2.72 bits per heavy atom. The van der Waals surface area contributed by atoms with E-state index in [4.69, 9.17) is 0 Å². The predicted molar refractivity (Wildman–Crippen MR) is 115 cm³/mol. The molecule has 3 heterocycles. The topological polar surface area (TPSA) is 68.0 Å². The van der Waals surface area contributed by atoms with Gasteiger partial charge in [-0.15, -0.1) is 0 Å². The molecule has 0 bridgehead atoms. The fourth-order valence-corrected chi connectivity index (χ4v) is 4.65. The Morgan fingerprint density at radius 1 is 1.14 bits per heavy atom. The van der Waals surface area contributed by atoms with Crippen LogP contribution in [-0.2, 0) is 12.8 Å². The third-order valence-corrected chi connectivity index (χ3v) is 6.57. The second kappa shape index (κ2) is 6.73. The van der Waals surface area contributed by atoms with Gasteiger partial charge in [-0.3, -0.25) is 9.89 Å². The molecule has 1 aliphatic carbocycles. The standard InChI is InChI=1S/C23H29N5O/c1-23(2)7-6-17-20(14-23)25-26-21(17)19-12-15-4-5-16(13-18(15)24-19)22(29)28-10-8-27(3)9-11-28/h4-5,12-13,24H,6-11,14H2,1-3H3,(H,25,26). The van der Waals surface area contributed by atoms with Crippen molar-refractivity contribution in [1.82, 2.24) is 25.0 Å². The molecule has 1 aliphatic heterocycles. The molecule has 0 unspecified atom stereocenters. The Bertz CT molecular complexity index is 1070. The largest absolute Gasteiger partial charge is 0.353 e. The van der Waals surface area contributed by atoms with Crippen molar-refractivity contribution in [2.45, 2.75) is 33.1 Å². The van der Waals surface area contributed by atoms with Gasteiger partial charge >= 0.3 is 0 Å². The lowest BCUT2D eigenvalue weighted by atomic mass is 9.76. The molecule has 0 radical (unpaired) electrons. The summed E-state index contributed by atoms with van der Waals surface area (Å²) in [5.41, 5.74) is 6.73. The van der Waals surface area contributed by atoms with Gasteiger partial charge in [-0.1, -0.05) is 19.9 Å². The van der Waals surface area contributed by atoms with Crippen LogP contribution in [0.1, 0.15) is 41.9 Å². The lowest BCUT2D eigenvalue weighted by Gasteiger charge is -2.32. The van der Waals surface area contributed by atoms with Crippen LogP contribution in [0.25, 0.3) is 22.3 Å². The molecule has 152 valence electrons. The molecule has 6 heteroatoms. The normalized spacial score (nSPS) is 19.5. The average Bonchev–Trinajstić information content (AvgIpc) is 3.29. The molecule has 2 aromatic heterocycles. The van der Waals surface area contributed by atoms with Gasteiger partial charge in [-0.25, -0.2) is 0 Å². The second-order valence-electron chi connectivity index (χ2n) is 9.45.